The first kappa shape index (κ1) is 29.5. The summed E-state index contributed by atoms with van der Waals surface area (Å²) in [7, 11) is 1.55. The summed E-state index contributed by atoms with van der Waals surface area (Å²) in [5, 5.41) is 17.4. The molecule has 2 amide bonds. The highest BCUT2D eigenvalue weighted by atomic mass is 32.2. The van der Waals surface area contributed by atoms with Gasteiger partial charge in [0.15, 0.2) is 6.10 Å². The second kappa shape index (κ2) is 14.2. The van der Waals surface area contributed by atoms with Crippen LogP contribution in [-0.4, -0.2) is 36.6 Å². The van der Waals surface area contributed by atoms with E-state index in [1.165, 1.54) is 6.08 Å². The highest BCUT2D eigenvalue weighted by Gasteiger charge is 2.29. The van der Waals surface area contributed by atoms with E-state index in [1.54, 1.807) is 67.4 Å². The molecule has 4 aromatic rings. The van der Waals surface area contributed by atoms with Gasteiger partial charge in [-0.2, -0.15) is 0 Å². The molecule has 0 unspecified atom stereocenters. The number of hydrogen-bond acceptors (Lipinski definition) is 7. The van der Waals surface area contributed by atoms with Crippen molar-refractivity contribution >= 4 is 51.6 Å². The van der Waals surface area contributed by atoms with Crippen LogP contribution in [-0.2, 0) is 14.3 Å². The van der Waals surface area contributed by atoms with Gasteiger partial charge in [0.1, 0.15) is 5.75 Å². The predicted molar refractivity (Wildman–Crippen MR) is 165 cm³/mol. The number of aromatic hydroxyl groups is 1. The topological polar surface area (TPSA) is 123 Å². The lowest BCUT2D eigenvalue weighted by Crippen LogP contribution is -2.28. The van der Waals surface area contributed by atoms with Gasteiger partial charge in [-0.1, -0.05) is 48.5 Å². The monoisotopic (exact) mass is 571 g/mol. The van der Waals surface area contributed by atoms with Crippen LogP contribution in [0.5, 0.6) is 5.75 Å². The van der Waals surface area contributed by atoms with Crippen LogP contribution >= 0.6 is 11.8 Å². The van der Waals surface area contributed by atoms with Crippen molar-refractivity contribution in [3.8, 4) is 5.75 Å². The number of benzene rings is 4. The summed E-state index contributed by atoms with van der Waals surface area (Å²) in [6.45, 7) is 0. The molecule has 8 nitrogen and oxygen atoms in total. The molecule has 0 radical (unpaired) electrons. The van der Waals surface area contributed by atoms with Crippen LogP contribution in [0.3, 0.4) is 0 Å². The van der Waals surface area contributed by atoms with E-state index >= 15 is 0 Å². The largest absolute Gasteiger partial charge is 0.507 e. The molecule has 0 heterocycles. The molecule has 212 valence electrons. The van der Waals surface area contributed by atoms with Crippen molar-refractivity contribution in [3.63, 3.8) is 0 Å². The Morgan fingerprint density at radius 2 is 1.66 bits per heavy atom. The standard InChI is InChI=1S/C32H33N3O5S/c1-39-29(13-7-8-14-30(37)35-27-12-6-5-11-26(27)33)31(25-19-20-28(36)24-10-4-3-9-23(24)25)40-32(38)34-21-15-17-22(41-2)18-16-21/h3-6,8-12,14-20,29,31,36H,7,13,33H2,1-2H3,(H,34,38)(H,35,37)/b14-8+/t29-,31-/m1/s1. The van der Waals surface area contributed by atoms with Gasteiger partial charge >= 0.3 is 6.09 Å². The van der Waals surface area contributed by atoms with Crippen LogP contribution < -0.4 is 16.4 Å². The van der Waals surface area contributed by atoms with Gasteiger partial charge in [0.2, 0.25) is 5.91 Å². The van der Waals surface area contributed by atoms with Gasteiger partial charge in [0, 0.05) is 28.6 Å². The minimum atomic E-state index is -0.803. The number of thioether (sulfide) groups is 1. The van der Waals surface area contributed by atoms with Crippen LogP contribution in [0.4, 0.5) is 21.9 Å². The number of nitrogens with one attached hydrogen (secondary N) is 2. The number of nitrogens with two attached hydrogens (primary N) is 1. The summed E-state index contributed by atoms with van der Waals surface area (Å²) in [5.41, 5.74) is 8.22. The number of phenols is 1. The van der Waals surface area contributed by atoms with Crippen LogP contribution in [0, 0.1) is 0 Å². The molecule has 0 aliphatic rings. The minimum Gasteiger partial charge on any atom is -0.507 e. The summed E-state index contributed by atoms with van der Waals surface area (Å²) in [6, 6.07) is 25.2. The van der Waals surface area contributed by atoms with Gasteiger partial charge in [-0.15, -0.1) is 11.8 Å². The molecule has 0 aliphatic heterocycles. The Labute approximate surface area is 243 Å². The number of hydrogen-bond donors (Lipinski definition) is 4. The number of allylic oxidation sites excluding steroid dienone is 1. The maximum atomic E-state index is 13.1. The fourth-order valence-corrected chi connectivity index (χ4v) is 4.87. The van der Waals surface area contributed by atoms with E-state index in [0.717, 1.165) is 10.3 Å². The molecule has 0 saturated carbocycles. The molecule has 2 atom stereocenters. The molecule has 0 fully saturated rings. The van der Waals surface area contributed by atoms with E-state index in [0.29, 0.717) is 40.9 Å². The van der Waals surface area contributed by atoms with E-state index in [4.69, 9.17) is 15.2 Å². The van der Waals surface area contributed by atoms with Gasteiger partial charge in [-0.05, 0) is 73.0 Å². The first-order chi connectivity index (χ1) is 19.9. The Hall–Kier alpha value is -4.47. The molecule has 41 heavy (non-hydrogen) atoms. The lowest BCUT2D eigenvalue weighted by molar-refractivity contribution is -0.111. The van der Waals surface area contributed by atoms with Crippen molar-refractivity contribution in [3.05, 3.63) is 103 Å². The number of phenolic OH excluding ortho intramolecular Hbond substituents is 1. The summed E-state index contributed by atoms with van der Waals surface area (Å²) < 4.78 is 11.8. The number of ether oxygens (including phenoxy) is 2. The zero-order valence-corrected chi connectivity index (χ0v) is 23.7. The number of rotatable bonds is 11. The Balaban J connectivity index is 1.52. The third kappa shape index (κ3) is 7.81. The number of carbonyl (C=O) groups is 2. The van der Waals surface area contributed by atoms with Crippen molar-refractivity contribution in [2.45, 2.75) is 29.9 Å². The molecule has 4 aromatic carbocycles. The number of carbonyl (C=O) groups excluding carboxylic acids is 2. The van der Waals surface area contributed by atoms with Crippen molar-refractivity contribution in [2.24, 2.45) is 0 Å². The molecule has 0 aromatic heterocycles. The summed E-state index contributed by atoms with van der Waals surface area (Å²) in [5.74, 6) is -0.176. The van der Waals surface area contributed by atoms with E-state index < -0.39 is 18.3 Å². The Morgan fingerprint density at radius 3 is 2.37 bits per heavy atom. The average molecular weight is 572 g/mol. The molecule has 9 heteroatoms. The molecule has 0 aliphatic carbocycles. The van der Waals surface area contributed by atoms with Gasteiger partial charge < -0.3 is 25.6 Å². The molecule has 0 spiro atoms. The van der Waals surface area contributed by atoms with Crippen molar-refractivity contribution in [2.75, 3.05) is 29.7 Å². The van der Waals surface area contributed by atoms with Crippen LogP contribution in [0.2, 0.25) is 0 Å². The third-order valence-corrected chi connectivity index (χ3v) is 7.30. The number of para-hydroxylation sites is 2. The van der Waals surface area contributed by atoms with E-state index in [1.807, 2.05) is 48.7 Å². The fourth-order valence-electron chi connectivity index (χ4n) is 4.46. The van der Waals surface area contributed by atoms with Crippen molar-refractivity contribution in [1.82, 2.24) is 0 Å². The van der Waals surface area contributed by atoms with Crippen LogP contribution in [0.15, 0.2) is 102 Å². The Kier molecular flexibility index (Phi) is 10.3. The second-order valence-electron chi connectivity index (χ2n) is 9.23. The number of nitrogen functional groups attached to an aromatic ring is 1. The maximum absolute atomic E-state index is 13.1. The third-order valence-electron chi connectivity index (χ3n) is 6.56. The van der Waals surface area contributed by atoms with Gasteiger partial charge in [-0.3, -0.25) is 10.1 Å². The van der Waals surface area contributed by atoms with E-state index in [9.17, 15) is 14.7 Å². The normalized spacial score (nSPS) is 12.6. The highest BCUT2D eigenvalue weighted by Crippen LogP contribution is 2.36. The minimum absolute atomic E-state index is 0.128. The quantitative estimate of drug-likeness (QED) is 0.0858. The van der Waals surface area contributed by atoms with Crippen LogP contribution in [0.1, 0.15) is 24.5 Å². The molecular formula is C32H33N3O5S. The number of anilines is 3. The van der Waals surface area contributed by atoms with Crippen molar-refractivity contribution in [1.29, 1.82) is 0 Å². The Morgan fingerprint density at radius 1 is 0.951 bits per heavy atom. The maximum Gasteiger partial charge on any atom is 0.412 e. The summed E-state index contributed by atoms with van der Waals surface area (Å²) in [4.78, 5) is 26.5. The zero-order chi connectivity index (χ0) is 29.2. The van der Waals surface area contributed by atoms with E-state index in [2.05, 4.69) is 10.6 Å². The second-order valence-corrected chi connectivity index (χ2v) is 10.1. The first-order valence-corrected chi connectivity index (χ1v) is 14.3. The number of methoxy groups -OCH3 is 1. The van der Waals surface area contributed by atoms with Crippen molar-refractivity contribution < 1.29 is 24.2 Å². The smallest absolute Gasteiger partial charge is 0.412 e. The lowest BCUT2D eigenvalue weighted by atomic mass is 9.94. The lowest BCUT2D eigenvalue weighted by Gasteiger charge is -2.27. The molecule has 4 rings (SSSR count). The number of fused-ring (bicyclic) bond motifs is 1. The van der Waals surface area contributed by atoms with Crippen LogP contribution in [0.25, 0.3) is 10.8 Å². The average Bonchev–Trinajstić information content (AvgIpc) is 2.98. The molecular weight excluding hydrogens is 538 g/mol. The van der Waals surface area contributed by atoms with E-state index in [-0.39, 0.29) is 11.7 Å². The molecule has 0 saturated heterocycles. The highest BCUT2D eigenvalue weighted by molar-refractivity contribution is 7.98. The van der Waals surface area contributed by atoms with Gasteiger partial charge in [0.25, 0.3) is 0 Å². The number of amides is 2. The molecule has 0 bridgehead atoms. The SMILES string of the molecule is CO[C@H](CC/C=C/C(=O)Nc1ccccc1N)[C@H](OC(=O)Nc1ccc(SC)cc1)c1ccc(O)c2ccccc12. The van der Waals surface area contributed by atoms with Gasteiger partial charge in [-0.25, -0.2) is 4.79 Å². The fraction of sp³-hybridized carbons (Fsp3) is 0.188. The first-order valence-electron chi connectivity index (χ1n) is 13.1. The molecule has 5 N–H and O–H groups in total. The summed E-state index contributed by atoms with van der Waals surface area (Å²) in [6.07, 6.45) is 4.09. The summed E-state index contributed by atoms with van der Waals surface area (Å²) >= 11 is 1.61. The predicted octanol–water partition coefficient (Wildman–Crippen LogP) is 7.13. The Bertz CT molecular complexity index is 1520. The van der Waals surface area contributed by atoms with Gasteiger partial charge in [0.05, 0.1) is 17.5 Å². The zero-order valence-electron chi connectivity index (χ0n) is 22.9.